The van der Waals surface area contributed by atoms with Crippen molar-refractivity contribution in [3.63, 3.8) is 0 Å². The highest BCUT2D eigenvalue weighted by atomic mass is 79.9. The number of amides is 2. The molecule has 0 heterocycles. The number of nitrogens with zero attached hydrogens (tertiary/aromatic N) is 1. The van der Waals surface area contributed by atoms with E-state index in [1.54, 1.807) is 43.3 Å². The number of likely N-dealkylation sites (N-methyl/N-ethyl adjacent to an activating group) is 1. The Kier molecular flexibility index (Phi) is 7.15. The van der Waals surface area contributed by atoms with E-state index in [4.69, 9.17) is 0 Å². The second kappa shape index (κ2) is 9.14. The summed E-state index contributed by atoms with van der Waals surface area (Å²) in [6, 6.07) is 13.3. The number of anilines is 1. The molecule has 144 valence electrons. The van der Waals surface area contributed by atoms with Crippen LogP contribution in [0.1, 0.15) is 12.5 Å². The molecule has 6 nitrogen and oxygen atoms in total. The Morgan fingerprint density at radius 2 is 1.63 bits per heavy atom. The van der Waals surface area contributed by atoms with E-state index >= 15 is 0 Å². The molecule has 2 aromatic carbocycles. The Bertz CT molecular complexity index is 910. The molecule has 0 bridgehead atoms. The highest BCUT2D eigenvalue weighted by Crippen LogP contribution is 2.15. The summed E-state index contributed by atoms with van der Waals surface area (Å²) >= 11 is 3.31. The number of sulfone groups is 1. The number of aryl methyl sites for hydroxylation is 1. The predicted octanol–water partition coefficient (Wildman–Crippen LogP) is 3.02. The summed E-state index contributed by atoms with van der Waals surface area (Å²) in [4.78, 5) is 25.9. The molecule has 0 unspecified atom stereocenters. The van der Waals surface area contributed by atoms with Crippen molar-refractivity contribution < 1.29 is 18.0 Å². The lowest BCUT2D eigenvalue weighted by molar-refractivity contribution is -0.132. The highest BCUT2D eigenvalue weighted by molar-refractivity contribution is 9.10. The molecule has 0 aliphatic rings. The molecule has 27 heavy (non-hydrogen) atoms. The van der Waals surface area contributed by atoms with Crippen LogP contribution in [0.3, 0.4) is 0 Å². The van der Waals surface area contributed by atoms with Gasteiger partial charge in [-0.3, -0.25) is 9.59 Å². The average Bonchev–Trinajstić information content (AvgIpc) is 2.61. The molecule has 0 aliphatic carbocycles. The molecular formula is C19H21BrN2O4S. The summed E-state index contributed by atoms with van der Waals surface area (Å²) in [7, 11) is -3.76. The number of nitrogens with one attached hydrogen (secondary N) is 1. The Labute approximate surface area is 167 Å². The lowest BCUT2D eigenvalue weighted by atomic mass is 10.2. The molecule has 0 radical (unpaired) electrons. The largest absolute Gasteiger partial charge is 0.333 e. The third kappa shape index (κ3) is 6.18. The van der Waals surface area contributed by atoms with Gasteiger partial charge in [0, 0.05) is 16.7 Å². The van der Waals surface area contributed by atoms with Crippen molar-refractivity contribution in [3.05, 3.63) is 58.6 Å². The molecule has 2 aromatic rings. The Hall–Kier alpha value is -2.19. The van der Waals surface area contributed by atoms with Crippen molar-refractivity contribution in [2.75, 3.05) is 24.2 Å². The zero-order valence-electron chi connectivity index (χ0n) is 15.1. The number of benzene rings is 2. The fourth-order valence-corrected chi connectivity index (χ4v) is 3.86. The summed E-state index contributed by atoms with van der Waals surface area (Å²) in [5, 5.41) is 2.69. The van der Waals surface area contributed by atoms with Crippen LogP contribution in [0.5, 0.6) is 0 Å². The van der Waals surface area contributed by atoms with E-state index in [1.807, 2.05) is 6.92 Å². The Morgan fingerprint density at radius 3 is 2.19 bits per heavy atom. The zero-order valence-corrected chi connectivity index (χ0v) is 17.5. The number of carbonyl (C=O) groups is 2. The first-order chi connectivity index (χ1) is 12.7. The molecule has 0 saturated heterocycles. The van der Waals surface area contributed by atoms with Gasteiger partial charge in [-0.15, -0.1) is 0 Å². The van der Waals surface area contributed by atoms with Gasteiger partial charge in [0.05, 0.1) is 11.4 Å². The number of hydrogen-bond acceptors (Lipinski definition) is 4. The van der Waals surface area contributed by atoms with E-state index in [2.05, 4.69) is 21.2 Å². The van der Waals surface area contributed by atoms with Gasteiger partial charge in [0.25, 0.3) is 0 Å². The maximum absolute atomic E-state index is 12.4. The zero-order chi connectivity index (χ0) is 20.0. The van der Waals surface area contributed by atoms with Gasteiger partial charge < -0.3 is 10.2 Å². The molecule has 0 spiro atoms. The van der Waals surface area contributed by atoms with E-state index in [9.17, 15) is 18.0 Å². The van der Waals surface area contributed by atoms with Gasteiger partial charge >= 0.3 is 0 Å². The first kappa shape index (κ1) is 21.1. The first-order valence-electron chi connectivity index (χ1n) is 8.34. The van der Waals surface area contributed by atoms with Gasteiger partial charge in [0.2, 0.25) is 11.8 Å². The van der Waals surface area contributed by atoms with Crippen molar-refractivity contribution in [2.45, 2.75) is 18.7 Å². The quantitative estimate of drug-likeness (QED) is 0.699. The molecule has 0 saturated carbocycles. The Morgan fingerprint density at radius 1 is 1.04 bits per heavy atom. The van der Waals surface area contributed by atoms with E-state index < -0.39 is 21.5 Å². The van der Waals surface area contributed by atoms with E-state index in [0.29, 0.717) is 5.69 Å². The standard InChI is InChI=1S/C19H21BrN2O4S/c1-3-22(12-18(23)21-16-8-6-15(20)7-9-16)19(24)13-27(25,26)17-10-4-14(2)5-11-17/h4-11H,3,12-13H2,1-2H3,(H,21,23). The van der Waals surface area contributed by atoms with Crippen molar-refractivity contribution >= 4 is 43.3 Å². The van der Waals surface area contributed by atoms with E-state index in [-0.39, 0.29) is 23.9 Å². The van der Waals surface area contributed by atoms with Crippen LogP contribution in [-0.4, -0.2) is 44.0 Å². The van der Waals surface area contributed by atoms with Crippen molar-refractivity contribution in [1.82, 2.24) is 4.90 Å². The van der Waals surface area contributed by atoms with Crippen LogP contribution in [0.2, 0.25) is 0 Å². The van der Waals surface area contributed by atoms with Gasteiger partial charge in [-0.1, -0.05) is 33.6 Å². The van der Waals surface area contributed by atoms with Crippen LogP contribution in [0.4, 0.5) is 5.69 Å². The van der Waals surface area contributed by atoms with Crippen LogP contribution in [0.15, 0.2) is 57.9 Å². The average molecular weight is 453 g/mol. The molecule has 0 atom stereocenters. The summed E-state index contributed by atoms with van der Waals surface area (Å²) in [5.41, 5.74) is 1.53. The SMILES string of the molecule is CCN(CC(=O)Nc1ccc(Br)cc1)C(=O)CS(=O)(=O)c1ccc(C)cc1. The summed E-state index contributed by atoms with van der Waals surface area (Å²) in [6.07, 6.45) is 0. The molecule has 0 aliphatic heterocycles. The van der Waals surface area contributed by atoms with Crippen LogP contribution >= 0.6 is 15.9 Å². The van der Waals surface area contributed by atoms with Crippen LogP contribution < -0.4 is 5.32 Å². The lowest BCUT2D eigenvalue weighted by Crippen LogP contribution is -2.40. The van der Waals surface area contributed by atoms with Crippen LogP contribution in [0, 0.1) is 6.92 Å². The van der Waals surface area contributed by atoms with E-state index in [1.165, 1.54) is 17.0 Å². The molecule has 8 heteroatoms. The second-order valence-corrected chi connectivity index (χ2v) is 8.94. The normalized spacial score (nSPS) is 11.1. The monoisotopic (exact) mass is 452 g/mol. The van der Waals surface area contributed by atoms with Crippen molar-refractivity contribution in [3.8, 4) is 0 Å². The highest BCUT2D eigenvalue weighted by Gasteiger charge is 2.24. The molecule has 2 amide bonds. The molecule has 0 aromatic heterocycles. The van der Waals surface area contributed by atoms with Crippen molar-refractivity contribution in [2.24, 2.45) is 0 Å². The number of hydrogen-bond donors (Lipinski definition) is 1. The van der Waals surface area contributed by atoms with Gasteiger partial charge in [0.15, 0.2) is 9.84 Å². The van der Waals surface area contributed by atoms with Crippen LogP contribution in [0.25, 0.3) is 0 Å². The lowest BCUT2D eigenvalue weighted by Gasteiger charge is -2.20. The topological polar surface area (TPSA) is 83.6 Å². The minimum atomic E-state index is -3.76. The molecule has 0 fully saturated rings. The molecular weight excluding hydrogens is 432 g/mol. The predicted molar refractivity (Wildman–Crippen MR) is 108 cm³/mol. The Balaban J connectivity index is 2.01. The third-order valence-corrected chi connectivity index (χ3v) is 6.04. The van der Waals surface area contributed by atoms with Gasteiger partial charge in [-0.25, -0.2) is 8.42 Å². The third-order valence-electron chi connectivity index (χ3n) is 3.89. The van der Waals surface area contributed by atoms with Gasteiger partial charge in [0.1, 0.15) is 5.75 Å². The number of carbonyl (C=O) groups excluding carboxylic acids is 2. The molecule has 1 N–H and O–H groups in total. The minimum absolute atomic E-state index is 0.0943. The van der Waals surface area contributed by atoms with Crippen LogP contribution in [-0.2, 0) is 19.4 Å². The minimum Gasteiger partial charge on any atom is -0.333 e. The smallest absolute Gasteiger partial charge is 0.243 e. The number of halogens is 1. The van der Waals surface area contributed by atoms with Crippen molar-refractivity contribution in [1.29, 1.82) is 0 Å². The fourth-order valence-electron chi connectivity index (χ4n) is 2.37. The first-order valence-corrected chi connectivity index (χ1v) is 10.8. The summed E-state index contributed by atoms with van der Waals surface area (Å²) < 4.78 is 25.7. The van der Waals surface area contributed by atoms with Gasteiger partial charge in [-0.2, -0.15) is 0 Å². The maximum atomic E-state index is 12.4. The van der Waals surface area contributed by atoms with E-state index in [0.717, 1.165) is 10.0 Å². The molecule has 2 rings (SSSR count). The summed E-state index contributed by atoms with van der Waals surface area (Å²) in [6.45, 7) is 3.57. The fraction of sp³-hybridized carbons (Fsp3) is 0.263. The number of rotatable bonds is 7. The maximum Gasteiger partial charge on any atom is 0.243 e. The van der Waals surface area contributed by atoms with Gasteiger partial charge in [-0.05, 0) is 50.2 Å². The summed E-state index contributed by atoms with van der Waals surface area (Å²) in [5.74, 6) is -1.67. The second-order valence-electron chi connectivity index (χ2n) is 6.04.